The molecule has 24 heavy (non-hydrogen) atoms. The predicted octanol–water partition coefficient (Wildman–Crippen LogP) is 2.03. The Balaban J connectivity index is 1.64. The highest BCUT2D eigenvalue weighted by Gasteiger charge is 2.17. The van der Waals surface area contributed by atoms with Gasteiger partial charge in [0.1, 0.15) is 11.6 Å². The lowest BCUT2D eigenvalue weighted by Gasteiger charge is -2.11. The van der Waals surface area contributed by atoms with Crippen LogP contribution < -0.4 is 5.73 Å². The summed E-state index contributed by atoms with van der Waals surface area (Å²) >= 11 is 1.57. The zero-order chi connectivity index (χ0) is 16.9. The summed E-state index contributed by atoms with van der Waals surface area (Å²) in [6.45, 7) is 2.03. The van der Waals surface area contributed by atoms with E-state index in [0.717, 1.165) is 35.5 Å². The van der Waals surface area contributed by atoms with Crippen molar-refractivity contribution < 1.29 is 0 Å². The van der Waals surface area contributed by atoms with E-state index < -0.39 is 0 Å². The highest BCUT2D eigenvalue weighted by atomic mass is 32.2. The van der Waals surface area contributed by atoms with Crippen molar-refractivity contribution in [2.75, 3.05) is 0 Å². The minimum Gasteiger partial charge on any atom is -0.321 e. The molecule has 1 aromatic carbocycles. The summed E-state index contributed by atoms with van der Waals surface area (Å²) in [5.74, 6) is 3.13. The van der Waals surface area contributed by atoms with Crippen LogP contribution in [0.25, 0.3) is 0 Å². The summed E-state index contributed by atoms with van der Waals surface area (Å²) in [5, 5.41) is 16.4. The Labute approximate surface area is 145 Å². The van der Waals surface area contributed by atoms with Crippen molar-refractivity contribution in [1.29, 1.82) is 0 Å². The van der Waals surface area contributed by atoms with Gasteiger partial charge in [-0.05, 0) is 12.0 Å². The molecule has 0 saturated heterocycles. The molecular formula is C16H21N7S. The minimum absolute atomic E-state index is 0.184. The molecule has 0 aliphatic carbocycles. The van der Waals surface area contributed by atoms with E-state index in [1.54, 1.807) is 11.8 Å². The molecule has 7 nitrogen and oxygen atoms in total. The van der Waals surface area contributed by atoms with E-state index in [9.17, 15) is 0 Å². The van der Waals surface area contributed by atoms with Gasteiger partial charge in [-0.2, -0.15) is 5.10 Å². The first-order valence-corrected chi connectivity index (χ1v) is 8.87. The Hall–Kier alpha value is -2.19. The molecule has 0 radical (unpaired) electrons. The molecule has 2 heterocycles. The second-order valence-electron chi connectivity index (χ2n) is 5.54. The van der Waals surface area contributed by atoms with Gasteiger partial charge in [0, 0.05) is 13.5 Å². The van der Waals surface area contributed by atoms with E-state index in [-0.39, 0.29) is 6.04 Å². The monoisotopic (exact) mass is 343 g/mol. The molecule has 126 valence electrons. The summed E-state index contributed by atoms with van der Waals surface area (Å²) in [7, 11) is 1.94. The smallest absolute Gasteiger partial charge is 0.191 e. The van der Waals surface area contributed by atoms with Crippen LogP contribution in [0.15, 0.2) is 35.5 Å². The van der Waals surface area contributed by atoms with Gasteiger partial charge >= 0.3 is 0 Å². The summed E-state index contributed by atoms with van der Waals surface area (Å²) in [4.78, 5) is 4.40. The van der Waals surface area contributed by atoms with Crippen molar-refractivity contribution >= 4 is 11.8 Å². The topological polar surface area (TPSA) is 98.3 Å². The number of nitrogens with one attached hydrogen (secondary N) is 1. The lowest BCUT2D eigenvalue weighted by Crippen LogP contribution is -2.18. The van der Waals surface area contributed by atoms with E-state index in [2.05, 4.69) is 37.5 Å². The van der Waals surface area contributed by atoms with Crippen molar-refractivity contribution in [3.63, 3.8) is 0 Å². The molecule has 2 aromatic heterocycles. The van der Waals surface area contributed by atoms with Gasteiger partial charge in [-0.25, -0.2) is 4.98 Å². The maximum atomic E-state index is 6.31. The summed E-state index contributed by atoms with van der Waals surface area (Å²) < 4.78 is 1.95. The predicted molar refractivity (Wildman–Crippen MR) is 93.4 cm³/mol. The van der Waals surface area contributed by atoms with Gasteiger partial charge in [-0.1, -0.05) is 49.0 Å². The molecular weight excluding hydrogens is 322 g/mol. The number of aromatic nitrogens is 6. The van der Waals surface area contributed by atoms with Gasteiger partial charge in [-0.15, -0.1) is 10.2 Å². The first kappa shape index (κ1) is 16.7. The van der Waals surface area contributed by atoms with E-state index in [1.165, 1.54) is 5.56 Å². The normalized spacial score (nSPS) is 12.5. The average Bonchev–Trinajstić information content (AvgIpc) is 3.20. The Morgan fingerprint density at radius 1 is 1.25 bits per heavy atom. The van der Waals surface area contributed by atoms with Crippen LogP contribution in [0, 0.1) is 0 Å². The number of nitrogens with zero attached hydrogens (tertiary/aromatic N) is 5. The van der Waals surface area contributed by atoms with Crippen LogP contribution in [0.2, 0.25) is 0 Å². The summed E-state index contributed by atoms with van der Waals surface area (Å²) in [5.41, 5.74) is 7.50. The first-order chi connectivity index (χ1) is 11.7. The van der Waals surface area contributed by atoms with Crippen molar-refractivity contribution in [2.24, 2.45) is 12.8 Å². The second kappa shape index (κ2) is 7.59. The molecule has 0 bridgehead atoms. The van der Waals surface area contributed by atoms with E-state index in [0.29, 0.717) is 5.75 Å². The molecule has 3 aromatic rings. The van der Waals surface area contributed by atoms with Crippen LogP contribution in [-0.2, 0) is 25.6 Å². The number of hydrogen-bond donors (Lipinski definition) is 2. The van der Waals surface area contributed by atoms with Gasteiger partial charge in [0.15, 0.2) is 11.0 Å². The molecule has 0 aliphatic heterocycles. The largest absolute Gasteiger partial charge is 0.321 e. The standard InChI is InChI=1S/C16H21N7S/c1-3-13-18-14(20-19-13)10-24-16-22-21-15(23(16)2)12(17)9-11-7-5-4-6-8-11/h4-8,12H,3,9-10,17H2,1-2H3,(H,18,19,20). The minimum atomic E-state index is -0.184. The van der Waals surface area contributed by atoms with Crippen LogP contribution in [0.1, 0.15) is 36.0 Å². The zero-order valence-electron chi connectivity index (χ0n) is 13.8. The van der Waals surface area contributed by atoms with Crippen molar-refractivity contribution in [2.45, 2.75) is 36.7 Å². The molecule has 3 N–H and O–H groups in total. The number of thioether (sulfide) groups is 1. The van der Waals surface area contributed by atoms with Gasteiger partial charge in [0.25, 0.3) is 0 Å². The number of aryl methyl sites for hydroxylation is 1. The van der Waals surface area contributed by atoms with E-state index >= 15 is 0 Å². The lowest BCUT2D eigenvalue weighted by molar-refractivity contribution is 0.616. The third-order valence-corrected chi connectivity index (χ3v) is 4.76. The molecule has 1 unspecified atom stereocenters. The quantitative estimate of drug-likeness (QED) is 0.637. The average molecular weight is 343 g/mol. The molecule has 3 rings (SSSR count). The molecule has 1 atom stereocenters. The Kier molecular flexibility index (Phi) is 5.27. The molecule has 0 saturated carbocycles. The maximum Gasteiger partial charge on any atom is 0.191 e. The highest BCUT2D eigenvalue weighted by molar-refractivity contribution is 7.98. The number of aromatic amines is 1. The fourth-order valence-corrected chi connectivity index (χ4v) is 3.21. The van der Waals surface area contributed by atoms with Crippen LogP contribution in [0.3, 0.4) is 0 Å². The van der Waals surface area contributed by atoms with Crippen molar-refractivity contribution in [1.82, 2.24) is 29.9 Å². The number of H-pyrrole nitrogens is 1. The highest BCUT2D eigenvalue weighted by Crippen LogP contribution is 2.22. The first-order valence-electron chi connectivity index (χ1n) is 7.89. The Bertz CT molecular complexity index is 781. The van der Waals surface area contributed by atoms with Crippen LogP contribution in [0.5, 0.6) is 0 Å². The summed E-state index contributed by atoms with van der Waals surface area (Å²) in [6, 6.07) is 9.99. The number of rotatable bonds is 7. The van der Waals surface area contributed by atoms with Crippen molar-refractivity contribution in [3.8, 4) is 0 Å². The third-order valence-electron chi connectivity index (χ3n) is 3.73. The van der Waals surface area contributed by atoms with E-state index in [1.807, 2.05) is 36.7 Å². The van der Waals surface area contributed by atoms with Gasteiger partial charge in [0.2, 0.25) is 0 Å². The Morgan fingerprint density at radius 2 is 2.04 bits per heavy atom. The van der Waals surface area contributed by atoms with Gasteiger partial charge < -0.3 is 10.3 Å². The maximum absolute atomic E-state index is 6.31. The third kappa shape index (κ3) is 3.82. The van der Waals surface area contributed by atoms with Crippen molar-refractivity contribution in [3.05, 3.63) is 53.4 Å². The molecule has 8 heteroatoms. The second-order valence-corrected chi connectivity index (χ2v) is 6.48. The molecule has 0 amide bonds. The van der Waals surface area contributed by atoms with Crippen LogP contribution in [0.4, 0.5) is 0 Å². The number of hydrogen-bond acceptors (Lipinski definition) is 6. The molecule has 0 aliphatic rings. The fourth-order valence-electron chi connectivity index (χ4n) is 2.42. The number of nitrogens with two attached hydrogens (primary N) is 1. The summed E-state index contributed by atoms with van der Waals surface area (Å²) in [6.07, 6.45) is 1.56. The van der Waals surface area contributed by atoms with Gasteiger partial charge in [0.05, 0.1) is 11.8 Å². The molecule has 0 spiro atoms. The SMILES string of the molecule is CCc1n[nH]c(CSc2nnc(C(N)Cc3ccccc3)n2C)n1. The van der Waals surface area contributed by atoms with Crippen LogP contribution in [-0.4, -0.2) is 29.9 Å². The lowest BCUT2D eigenvalue weighted by atomic mass is 10.1. The van der Waals surface area contributed by atoms with Crippen LogP contribution >= 0.6 is 11.8 Å². The van der Waals surface area contributed by atoms with E-state index in [4.69, 9.17) is 5.73 Å². The zero-order valence-corrected chi connectivity index (χ0v) is 14.6. The number of benzene rings is 1. The Morgan fingerprint density at radius 3 is 2.75 bits per heavy atom. The molecule has 0 fully saturated rings. The van der Waals surface area contributed by atoms with Gasteiger partial charge in [-0.3, -0.25) is 5.10 Å². The fraction of sp³-hybridized carbons (Fsp3) is 0.375.